The summed E-state index contributed by atoms with van der Waals surface area (Å²) < 4.78 is 0. The summed E-state index contributed by atoms with van der Waals surface area (Å²) >= 11 is 1.65. The number of nitrogens with one attached hydrogen (secondary N) is 1. The van der Waals surface area contributed by atoms with Gasteiger partial charge in [-0.2, -0.15) is 0 Å². The fourth-order valence-electron chi connectivity index (χ4n) is 2.99. The van der Waals surface area contributed by atoms with Gasteiger partial charge >= 0.3 is 5.97 Å². The zero-order chi connectivity index (χ0) is 13.2. The number of amides is 1. The second-order valence-electron chi connectivity index (χ2n) is 5.41. The van der Waals surface area contributed by atoms with Crippen molar-refractivity contribution in [2.45, 2.75) is 56.2 Å². The lowest BCUT2D eigenvalue weighted by Crippen LogP contribution is -2.61. The first-order valence-electron chi connectivity index (χ1n) is 6.73. The molecule has 1 saturated carbocycles. The highest BCUT2D eigenvalue weighted by Gasteiger charge is 2.47. The Balaban J connectivity index is 2.10. The van der Waals surface area contributed by atoms with Crippen molar-refractivity contribution < 1.29 is 14.7 Å². The molecule has 2 aliphatic rings. The van der Waals surface area contributed by atoms with Crippen molar-refractivity contribution in [3.63, 3.8) is 0 Å². The molecule has 0 spiro atoms. The van der Waals surface area contributed by atoms with Gasteiger partial charge in [-0.1, -0.05) is 19.8 Å². The van der Waals surface area contributed by atoms with Crippen LogP contribution in [0.25, 0.3) is 0 Å². The van der Waals surface area contributed by atoms with Crippen LogP contribution in [0.1, 0.15) is 45.4 Å². The minimum absolute atomic E-state index is 0.0131. The molecule has 3 unspecified atom stereocenters. The van der Waals surface area contributed by atoms with Crippen LogP contribution in [0.15, 0.2) is 0 Å². The Morgan fingerprint density at radius 2 is 2.06 bits per heavy atom. The van der Waals surface area contributed by atoms with Gasteiger partial charge < -0.3 is 10.4 Å². The van der Waals surface area contributed by atoms with E-state index in [1.807, 2.05) is 6.92 Å². The van der Waals surface area contributed by atoms with Gasteiger partial charge in [0, 0.05) is 0 Å². The normalized spacial score (nSPS) is 36.3. The van der Waals surface area contributed by atoms with E-state index in [4.69, 9.17) is 0 Å². The maximum Gasteiger partial charge on any atom is 0.329 e. The van der Waals surface area contributed by atoms with E-state index >= 15 is 0 Å². The molecule has 0 aromatic rings. The average Bonchev–Trinajstić information content (AvgIpc) is 2.85. The summed E-state index contributed by atoms with van der Waals surface area (Å²) in [6, 6.07) is 0. The lowest BCUT2D eigenvalue weighted by molar-refractivity contribution is -0.151. The molecule has 0 radical (unpaired) electrons. The molecule has 4 nitrogen and oxygen atoms in total. The molecule has 1 amide bonds. The maximum absolute atomic E-state index is 12.2. The molecule has 1 heterocycles. The van der Waals surface area contributed by atoms with Crippen LogP contribution in [0.5, 0.6) is 0 Å². The summed E-state index contributed by atoms with van der Waals surface area (Å²) in [5.41, 5.74) is -1.03. The van der Waals surface area contributed by atoms with Crippen molar-refractivity contribution in [3.05, 3.63) is 0 Å². The molecular weight excluding hydrogens is 250 g/mol. The first kappa shape index (κ1) is 13.7. The van der Waals surface area contributed by atoms with Gasteiger partial charge in [-0.05, 0) is 37.4 Å². The van der Waals surface area contributed by atoms with Crippen LogP contribution in [-0.4, -0.2) is 33.5 Å². The third-order valence-electron chi connectivity index (χ3n) is 4.25. The number of hydrogen-bond acceptors (Lipinski definition) is 3. The fourth-order valence-corrected chi connectivity index (χ4v) is 4.15. The van der Waals surface area contributed by atoms with Crippen molar-refractivity contribution in [2.24, 2.45) is 5.92 Å². The van der Waals surface area contributed by atoms with Crippen molar-refractivity contribution in [2.75, 3.05) is 5.75 Å². The number of aliphatic carboxylic acids is 1. The second kappa shape index (κ2) is 5.51. The third-order valence-corrected chi connectivity index (χ3v) is 5.63. The number of rotatable bonds is 3. The summed E-state index contributed by atoms with van der Waals surface area (Å²) in [5.74, 6) is 0.0760. The molecule has 2 fully saturated rings. The number of carboxylic acids is 1. The van der Waals surface area contributed by atoms with Gasteiger partial charge in [-0.3, -0.25) is 4.79 Å². The van der Waals surface area contributed by atoms with Gasteiger partial charge in [0.15, 0.2) is 0 Å². The number of carbonyl (C=O) groups excluding carboxylic acids is 1. The van der Waals surface area contributed by atoms with Gasteiger partial charge in [0.1, 0.15) is 5.54 Å². The van der Waals surface area contributed by atoms with Crippen LogP contribution < -0.4 is 5.32 Å². The molecule has 0 aromatic carbocycles. The summed E-state index contributed by atoms with van der Waals surface area (Å²) in [6.45, 7) is 1.94. The quantitative estimate of drug-likeness (QED) is 0.824. The fraction of sp³-hybridized carbons (Fsp3) is 0.846. The van der Waals surface area contributed by atoms with Gasteiger partial charge in [-0.15, -0.1) is 11.8 Å². The largest absolute Gasteiger partial charge is 0.479 e. The topological polar surface area (TPSA) is 66.4 Å². The highest BCUT2D eigenvalue weighted by Crippen LogP contribution is 2.35. The zero-order valence-electron chi connectivity index (χ0n) is 10.8. The molecule has 1 aliphatic heterocycles. The Kier molecular flexibility index (Phi) is 4.20. The number of carboxylic acid groups (broad SMARTS) is 1. The van der Waals surface area contributed by atoms with Crippen molar-refractivity contribution in [1.82, 2.24) is 5.32 Å². The van der Waals surface area contributed by atoms with E-state index < -0.39 is 11.5 Å². The minimum atomic E-state index is -1.03. The smallest absolute Gasteiger partial charge is 0.329 e. The van der Waals surface area contributed by atoms with Crippen LogP contribution in [0.2, 0.25) is 0 Å². The first-order chi connectivity index (χ1) is 8.56. The lowest BCUT2D eigenvalue weighted by atomic mass is 9.73. The van der Waals surface area contributed by atoms with Crippen LogP contribution in [0, 0.1) is 5.92 Å². The average molecular weight is 271 g/mol. The van der Waals surface area contributed by atoms with Gasteiger partial charge in [0.25, 0.3) is 0 Å². The van der Waals surface area contributed by atoms with E-state index in [0.717, 1.165) is 37.9 Å². The number of carbonyl (C=O) groups is 2. The van der Waals surface area contributed by atoms with E-state index in [1.165, 1.54) is 0 Å². The van der Waals surface area contributed by atoms with E-state index in [-0.39, 0.29) is 17.1 Å². The lowest BCUT2D eigenvalue weighted by Gasteiger charge is -2.40. The molecule has 0 bridgehead atoms. The summed E-state index contributed by atoms with van der Waals surface area (Å²) in [6.07, 6.45) is 5.31. The first-order valence-corrected chi connectivity index (χ1v) is 7.78. The molecule has 0 aromatic heterocycles. The molecular formula is C13H21NO3S. The summed E-state index contributed by atoms with van der Waals surface area (Å²) in [4.78, 5) is 23.8. The molecule has 2 N–H and O–H groups in total. The highest BCUT2D eigenvalue weighted by molar-refractivity contribution is 8.00. The van der Waals surface area contributed by atoms with Gasteiger partial charge in [0.05, 0.1) is 5.25 Å². The molecule has 2 rings (SSSR count). The van der Waals surface area contributed by atoms with Crippen LogP contribution in [0.3, 0.4) is 0 Å². The van der Waals surface area contributed by atoms with Crippen molar-refractivity contribution in [3.8, 4) is 0 Å². The number of thioether (sulfide) groups is 1. The third kappa shape index (κ3) is 2.51. The molecule has 1 saturated heterocycles. The summed E-state index contributed by atoms with van der Waals surface area (Å²) in [7, 11) is 0. The molecule has 5 heteroatoms. The van der Waals surface area contributed by atoms with Gasteiger partial charge in [-0.25, -0.2) is 4.79 Å². The molecule has 3 atom stereocenters. The standard InChI is InChI=1S/C13H21NO3S/c1-9-5-2-3-7-13(9,12(16)17)14-11(15)10-6-4-8-18-10/h9-10H,2-8H2,1H3,(H,14,15)(H,16,17). The van der Waals surface area contributed by atoms with Gasteiger partial charge in [0.2, 0.25) is 5.91 Å². The van der Waals surface area contributed by atoms with Crippen molar-refractivity contribution in [1.29, 1.82) is 0 Å². The molecule has 1 aliphatic carbocycles. The SMILES string of the molecule is CC1CCCCC1(NC(=O)C1CCCS1)C(=O)O. The summed E-state index contributed by atoms with van der Waals surface area (Å²) in [5, 5.41) is 12.3. The second-order valence-corrected chi connectivity index (χ2v) is 6.72. The molecule has 102 valence electrons. The van der Waals surface area contributed by atoms with Crippen LogP contribution in [0.4, 0.5) is 0 Å². The Hall–Kier alpha value is -0.710. The van der Waals surface area contributed by atoms with Crippen molar-refractivity contribution >= 4 is 23.6 Å². The van der Waals surface area contributed by atoms with E-state index in [2.05, 4.69) is 5.32 Å². The van der Waals surface area contributed by atoms with Crippen LogP contribution >= 0.6 is 11.8 Å². The van der Waals surface area contributed by atoms with E-state index in [0.29, 0.717) is 6.42 Å². The van der Waals surface area contributed by atoms with E-state index in [9.17, 15) is 14.7 Å². The zero-order valence-corrected chi connectivity index (χ0v) is 11.6. The Morgan fingerprint density at radius 3 is 2.61 bits per heavy atom. The molecule has 18 heavy (non-hydrogen) atoms. The predicted octanol–water partition coefficient (Wildman–Crippen LogP) is 2.03. The van der Waals surface area contributed by atoms with Crippen LogP contribution in [-0.2, 0) is 9.59 Å². The minimum Gasteiger partial charge on any atom is -0.479 e. The predicted molar refractivity (Wildman–Crippen MR) is 71.6 cm³/mol. The number of hydrogen-bond donors (Lipinski definition) is 2. The highest BCUT2D eigenvalue weighted by atomic mass is 32.2. The Labute approximate surface area is 112 Å². The maximum atomic E-state index is 12.2. The Morgan fingerprint density at radius 1 is 1.28 bits per heavy atom. The monoisotopic (exact) mass is 271 g/mol. The Bertz CT molecular complexity index is 341. The van der Waals surface area contributed by atoms with E-state index in [1.54, 1.807) is 11.8 Å².